The maximum atomic E-state index is 11.7. The van der Waals surface area contributed by atoms with Gasteiger partial charge in [0.25, 0.3) is 0 Å². The summed E-state index contributed by atoms with van der Waals surface area (Å²) in [5, 5.41) is 7.60. The molecule has 0 heterocycles. The monoisotopic (exact) mass is 265 g/mol. The molecule has 104 valence electrons. The molecule has 0 aromatic heterocycles. The van der Waals surface area contributed by atoms with Gasteiger partial charge in [0.05, 0.1) is 6.61 Å². The van der Waals surface area contributed by atoms with E-state index in [1.54, 1.807) is 14.0 Å². The van der Waals surface area contributed by atoms with E-state index in [1.807, 2.05) is 24.3 Å². The van der Waals surface area contributed by atoms with Crippen LogP contribution in [0.15, 0.2) is 24.3 Å². The van der Waals surface area contributed by atoms with Gasteiger partial charge in [0, 0.05) is 25.4 Å². The standard InChI is InChI=1S/C13H19N3O3/c1-9(12(17)16-13(18)14-2)15-11-7-5-4-6-10(11)8-19-3/h4-7,9,15H,8H2,1-3H3,(H2,14,16,17,18). The molecule has 19 heavy (non-hydrogen) atoms. The van der Waals surface area contributed by atoms with Gasteiger partial charge < -0.3 is 15.4 Å². The topological polar surface area (TPSA) is 79.5 Å². The Morgan fingerprint density at radius 3 is 2.63 bits per heavy atom. The zero-order chi connectivity index (χ0) is 14.3. The van der Waals surface area contributed by atoms with Gasteiger partial charge in [0.2, 0.25) is 5.91 Å². The lowest BCUT2D eigenvalue weighted by Crippen LogP contribution is -2.44. The van der Waals surface area contributed by atoms with Crippen molar-refractivity contribution in [2.24, 2.45) is 0 Å². The van der Waals surface area contributed by atoms with Crippen LogP contribution in [0, 0.1) is 0 Å². The molecule has 0 saturated heterocycles. The molecule has 1 aromatic carbocycles. The minimum atomic E-state index is -0.532. The van der Waals surface area contributed by atoms with Crippen molar-refractivity contribution < 1.29 is 14.3 Å². The zero-order valence-corrected chi connectivity index (χ0v) is 11.3. The van der Waals surface area contributed by atoms with Crippen LogP contribution in [0.2, 0.25) is 0 Å². The Morgan fingerprint density at radius 2 is 2.00 bits per heavy atom. The number of amides is 3. The third-order valence-electron chi connectivity index (χ3n) is 2.55. The fraction of sp³-hybridized carbons (Fsp3) is 0.385. The van der Waals surface area contributed by atoms with Gasteiger partial charge in [-0.15, -0.1) is 0 Å². The van der Waals surface area contributed by atoms with Crippen LogP contribution in [0.4, 0.5) is 10.5 Å². The summed E-state index contributed by atoms with van der Waals surface area (Å²) in [4.78, 5) is 22.8. The summed E-state index contributed by atoms with van der Waals surface area (Å²) < 4.78 is 5.09. The Balaban J connectivity index is 2.68. The van der Waals surface area contributed by atoms with Gasteiger partial charge in [-0.3, -0.25) is 10.1 Å². The highest BCUT2D eigenvalue weighted by Gasteiger charge is 2.15. The number of ether oxygens (including phenoxy) is 1. The fourth-order valence-electron chi connectivity index (χ4n) is 1.52. The highest BCUT2D eigenvalue weighted by molar-refractivity contribution is 5.97. The zero-order valence-electron chi connectivity index (χ0n) is 11.3. The summed E-state index contributed by atoms with van der Waals surface area (Å²) in [5.74, 6) is -0.397. The first-order valence-corrected chi connectivity index (χ1v) is 5.94. The Kier molecular flexibility index (Phi) is 5.81. The Labute approximate surface area is 112 Å². The number of anilines is 1. The highest BCUT2D eigenvalue weighted by atomic mass is 16.5. The normalized spacial score (nSPS) is 11.5. The Morgan fingerprint density at radius 1 is 1.32 bits per heavy atom. The van der Waals surface area contributed by atoms with E-state index in [2.05, 4.69) is 16.0 Å². The van der Waals surface area contributed by atoms with Crippen LogP contribution in [-0.4, -0.2) is 32.1 Å². The maximum Gasteiger partial charge on any atom is 0.321 e. The van der Waals surface area contributed by atoms with Gasteiger partial charge in [0.1, 0.15) is 6.04 Å². The summed E-state index contributed by atoms with van der Waals surface area (Å²) in [6.45, 7) is 2.13. The quantitative estimate of drug-likeness (QED) is 0.744. The van der Waals surface area contributed by atoms with E-state index in [4.69, 9.17) is 4.74 Å². The summed E-state index contributed by atoms with van der Waals surface area (Å²) in [6, 6.07) is 6.48. The van der Waals surface area contributed by atoms with Crippen molar-refractivity contribution in [2.75, 3.05) is 19.5 Å². The summed E-state index contributed by atoms with van der Waals surface area (Å²) in [6.07, 6.45) is 0. The Hall–Kier alpha value is -2.08. The van der Waals surface area contributed by atoms with E-state index in [-0.39, 0.29) is 0 Å². The molecule has 0 bridgehead atoms. The molecule has 6 nitrogen and oxygen atoms in total. The number of hydrogen-bond acceptors (Lipinski definition) is 4. The molecule has 0 saturated carbocycles. The third kappa shape index (κ3) is 4.59. The van der Waals surface area contributed by atoms with E-state index in [0.717, 1.165) is 11.3 Å². The molecule has 0 spiro atoms. The second-order valence-electron chi connectivity index (χ2n) is 4.02. The number of imide groups is 1. The Bertz CT molecular complexity index is 449. The first kappa shape index (κ1) is 15.0. The van der Waals surface area contributed by atoms with Gasteiger partial charge in [-0.05, 0) is 13.0 Å². The average Bonchev–Trinajstić information content (AvgIpc) is 2.41. The summed E-state index contributed by atoms with van der Waals surface area (Å²) in [7, 11) is 3.06. The average molecular weight is 265 g/mol. The SMILES string of the molecule is CNC(=O)NC(=O)C(C)Nc1ccccc1COC. The lowest BCUT2D eigenvalue weighted by Gasteiger charge is -2.17. The minimum absolute atomic E-state index is 0.397. The molecule has 0 aliphatic carbocycles. The molecular weight excluding hydrogens is 246 g/mol. The van der Waals surface area contributed by atoms with Crippen LogP contribution in [0.5, 0.6) is 0 Å². The van der Waals surface area contributed by atoms with Crippen LogP contribution in [0.25, 0.3) is 0 Å². The number of benzene rings is 1. The number of para-hydroxylation sites is 1. The third-order valence-corrected chi connectivity index (χ3v) is 2.55. The lowest BCUT2D eigenvalue weighted by atomic mass is 10.1. The molecule has 1 rings (SSSR count). The van der Waals surface area contributed by atoms with Crippen LogP contribution >= 0.6 is 0 Å². The van der Waals surface area contributed by atoms with Crippen molar-refractivity contribution in [1.29, 1.82) is 0 Å². The first-order chi connectivity index (χ1) is 9.08. The number of rotatable bonds is 5. The minimum Gasteiger partial charge on any atom is -0.380 e. The number of hydrogen-bond donors (Lipinski definition) is 3. The molecule has 6 heteroatoms. The molecule has 0 aliphatic rings. The van der Waals surface area contributed by atoms with E-state index >= 15 is 0 Å². The van der Waals surface area contributed by atoms with Gasteiger partial charge in [-0.25, -0.2) is 4.79 Å². The van der Waals surface area contributed by atoms with Crippen LogP contribution in [-0.2, 0) is 16.1 Å². The molecule has 0 radical (unpaired) electrons. The molecule has 3 N–H and O–H groups in total. The number of nitrogens with one attached hydrogen (secondary N) is 3. The number of urea groups is 1. The van der Waals surface area contributed by atoms with Gasteiger partial charge >= 0.3 is 6.03 Å². The molecule has 0 fully saturated rings. The molecule has 1 atom stereocenters. The molecule has 3 amide bonds. The van der Waals surface area contributed by atoms with Crippen LogP contribution in [0.3, 0.4) is 0 Å². The number of carbonyl (C=O) groups is 2. The second kappa shape index (κ2) is 7.38. The largest absolute Gasteiger partial charge is 0.380 e. The second-order valence-corrected chi connectivity index (χ2v) is 4.02. The highest BCUT2D eigenvalue weighted by Crippen LogP contribution is 2.16. The van der Waals surface area contributed by atoms with E-state index in [0.29, 0.717) is 6.61 Å². The molecule has 1 aromatic rings. The van der Waals surface area contributed by atoms with Gasteiger partial charge in [-0.2, -0.15) is 0 Å². The number of methoxy groups -OCH3 is 1. The smallest absolute Gasteiger partial charge is 0.321 e. The van der Waals surface area contributed by atoms with Crippen LogP contribution in [0.1, 0.15) is 12.5 Å². The number of carbonyl (C=O) groups excluding carboxylic acids is 2. The van der Waals surface area contributed by atoms with Crippen molar-refractivity contribution in [1.82, 2.24) is 10.6 Å². The van der Waals surface area contributed by atoms with Crippen molar-refractivity contribution in [3.63, 3.8) is 0 Å². The van der Waals surface area contributed by atoms with Crippen LogP contribution < -0.4 is 16.0 Å². The predicted molar refractivity (Wildman–Crippen MR) is 72.8 cm³/mol. The van der Waals surface area contributed by atoms with Crippen molar-refractivity contribution in [2.45, 2.75) is 19.6 Å². The van der Waals surface area contributed by atoms with Gasteiger partial charge in [-0.1, -0.05) is 18.2 Å². The predicted octanol–water partition coefficient (Wildman–Crippen LogP) is 1.09. The molecule has 0 aliphatic heterocycles. The van der Waals surface area contributed by atoms with E-state index < -0.39 is 18.0 Å². The fourth-order valence-corrected chi connectivity index (χ4v) is 1.52. The van der Waals surface area contributed by atoms with Crippen molar-refractivity contribution >= 4 is 17.6 Å². The molecule has 1 unspecified atom stereocenters. The lowest BCUT2D eigenvalue weighted by molar-refractivity contribution is -0.120. The van der Waals surface area contributed by atoms with Crippen molar-refractivity contribution in [3.8, 4) is 0 Å². The summed E-state index contributed by atoms with van der Waals surface area (Å²) in [5.41, 5.74) is 1.76. The van der Waals surface area contributed by atoms with E-state index in [9.17, 15) is 9.59 Å². The summed E-state index contributed by atoms with van der Waals surface area (Å²) >= 11 is 0. The maximum absolute atomic E-state index is 11.7. The first-order valence-electron chi connectivity index (χ1n) is 5.94. The van der Waals surface area contributed by atoms with Gasteiger partial charge in [0.15, 0.2) is 0 Å². The van der Waals surface area contributed by atoms with E-state index in [1.165, 1.54) is 7.05 Å². The van der Waals surface area contributed by atoms with Crippen molar-refractivity contribution in [3.05, 3.63) is 29.8 Å². The molecular formula is C13H19N3O3.